The number of benzene rings is 2. The number of ether oxygens (including phenoxy) is 2. The Labute approximate surface area is 129 Å². The first kappa shape index (κ1) is 14.7. The molecule has 2 aromatic rings. The molecule has 0 saturated carbocycles. The molecule has 0 amide bonds. The molecule has 4 N–H and O–H groups in total. The number of nitrogens with one attached hydrogen (secondary N) is 1. The lowest BCUT2D eigenvalue weighted by Gasteiger charge is -2.36. The number of nitrogens with two attached hydrogens (primary N) is 1. The van der Waals surface area contributed by atoms with E-state index in [1.54, 1.807) is 6.07 Å². The topological polar surface area (TPSA) is 76.7 Å². The number of nitrogen functional groups attached to an aromatic ring is 1. The van der Waals surface area contributed by atoms with Gasteiger partial charge in [-0.2, -0.15) is 0 Å². The summed E-state index contributed by atoms with van der Waals surface area (Å²) >= 11 is 0. The molecule has 1 aliphatic rings. The van der Waals surface area contributed by atoms with Gasteiger partial charge < -0.3 is 25.6 Å². The molecule has 3 rings (SSSR count). The zero-order chi connectivity index (χ0) is 15.4. The minimum absolute atomic E-state index is 0.359. The van der Waals surface area contributed by atoms with Gasteiger partial charge in [-0.15, -0.1) is 0 Å². The van der Waals surface area contributed by atoms with Gasteiger partial charge >= 0.3 is 0 Å². The summed E-state index contributed by atoms with van der Waals surface area (Å²) in [5.74, 6) is 0.720. The molecular weight excluding hydrogens is 280 g/mol. The Balaban J connectivity index is 1.57. The van der Waals surface area contributed by atoms with E-state index in [1.165, 1.54) is 0 Å². The lowest BCUT2D eigenvalue weighted by Crippen LogP contribution is -2.54. The van der Waals surface area contributed by atoms with Crippen LogP contribution in [0.15, 0.2) is 48.5 Å². The average Bonchev–Trinajstić information content (AvgIpc) is 2.51. The van der Waals surface area contributed by atoms with Crippen molar-refractivity contribution < 1.29 is 14.6 Å². The SMILES string of the molecule is Nc1cc(OCc2ccccc2)ccc1NCC1(O)COC1. The van der Waals surface area contributed by atoms with E-state index in [9.17, 15) is 5.11 Å². The van der Waals surface area contributed by atoms with Crippen molar-refractivity contribution in [1.82, 2.24) is 0 Å². The van der Waals surface area contributed by atoms with Crippen molar-refractivity contribution in [2.75, 3.05) is 30.8 Å². The van der Waals surface area contributed by atoms with Crippen LogP contribution in [0.4, 0.5) is 11.4 Å². The minimum Gasteiger partial charge on any atom is -0.489 e. The summed E-state index contributed by atoms with van der Waals surface area (Å²) in [7, 11) is 0. The molecule has 22 heavy (non-hydrogen) atoms. The van der Waals surface area contributed by atoms with Crippen LogP contribution in [0.5, 0.6) is 5.75 Å². The van der Waals surface area contributed by atoms with Gasteiger partial charge in [0.1, 0.15) is 18.0 Å². The van der Waals surface area contributed by atoms with E-state index >= 15 is 0 Å². The van der Waals surface area contributed by atoms with Crippen LogP contribution < -0.4 is 15.8 Å². The molecule has 2 aromatic carbocycles. The van der Waals surface area contributed by atoms with Gasteiger partial charge in [0.2, 0.25) is 0 Å². The largest absolute Gasteiger partial charge is 0.489 e. The summed E-state index contributed by atoms with van der Waals surface area (Å²) in [6.07, 6.45) is 0. The molecule has 5 nitrogen and oxygen atoms in total. The molecular formula is C17H20N2O3. The molecule has 5 heteroatoms. The number of aliphatic hydroxyl groups is 1. The van der Waals surface area contributed by atoms with Crippen LogP contribution in [0, 0.1) is 0 Å². The van der Waals surface area contributed by atoms with Gasteiger partial charge in [-0.05, 0) is 17.7 Å². The zero-order valence-electron chi connectivity index (χ0n) is 12.3. The molecule has 0 unspecified atom stereocenters. The fourth-order valence-corrected chi connectivity index (χ4v) is 2.23. The minimum atomic E-state index is -0.783. The third-order valence-electron chi connectivity index (χ3n) is 3.62. The maximum Gasteiger partial charge on any atom is 0.128 e. The van der Waals surface area contributed by atoms with E-state index in [0.29, 0.717) is 32.1 Å². The van der Waals surface area contributed by atoms with Crippen LogP contribution in [0.2, 0.25) is 0 Å². The molecule has 0 aromatic heterocycles. The number of anilines is 2. The summed E-state index contributed by atoms with van der Waals surface area (Å²) in [5.41, 5.74) is 7.72. The molecule has 116 valence electrons. The second-order valence-corrected chi connectivity index (χ2v) is 5.59. The Morgan fingerprint density at radius 3 is 2.59 bits per heavy atom. The molecule has 0 spiro atoms. The van der Waals surface area contributed by atoms with E-state index in [1.807, 2.05) is 42.5 Å². The van der Waals surface area contributed by atoms with Crippen molar-refractivity contribution in [2.24, 2.45) is 0 Å². The molecule has 1 fully saturated rings. The summed E-state index contributed by atoms with van der Waals surface area (Å²) < 4.78 is 10.7. The number of hydrogen-bond donors (Lipinski definition) is 3. The normalized spacial score (nSPS) is 15.9. The molecule has 0 radical (unpaired) electrons. The quantitative estimate of drug-likeness (QED) is 0.712. The maximum absolute atomic E-state index is 9.97. The van der Waals surface area contributed by atoms with Crippen molar-refractivity contribution in [2.45, 2.75) is 12.2 Å². The zero-order valence-corrected chi connectivity index (χ0v) is 12.3. The maximum atomic E-state index is 9.97. The predicted octanol–water partition coefficient (Wildman–Crippen LogP) is 2.02. The Morgan fingerprint density at radius 1 is 1.18 bits per heavy atom. The van der Waals surface area contributed by atoms with Gasteiger partial charge in [-0.3, -0.25) is 0 Å². The number of rotatable bonds is 6. The standard InChI is InChI=1S/C17H20N2O3/c18-15-8-14(22-9-13-4-2-1-3-5-13)6-7-16(15)19-10-17(20)11-21-12-17/h1-8,19-20H,9-12,18H2. The lowest BCUT2D eigenvalue weighted by atomic mass is 10.0. The average molecular weight is 300 g/mol. The fraction of sp³-hybridized carbons (Fsp3) is 0.294. The highest BCUT2D eigenvalue weighted by atomic mass is 16.5. The predicted molar refractivity (Wildman–Crippen MR) is 85.9 cm³/mol. The first-order valence-electron chi connectivity index (χ1n) is 7.25. The van der Waals surface area contributed by atoms with Gasteiger partial charge in [0.25, 0.3) is 0 Å². The second-order valence-electron chi connectivity index (χ2n) is 5.59. The van der Waals surface area contributed by atoms with E-state index in [-0.39, 0.29) is 0 Å². The van der Waals surface area contributed by atoms with Crippen molar-refractivity contribution >= 4 is 11.4 Å². The van der Waals surface area contributed by atoms with Crippen molar-refractivity contribution in [3.8, 4) is 5.75 Å². The van der Waals surface area contributed by atoms with Crippen LogP contribution in [0.25, 0.3) is 0 Å². The highest BCUT2D eigenvalue weighted by molar-refractivity contribution is 5.68. The summed E-state index contributed by atoms with van der Waals surface area (Å²) in [6, 6.07) is 15.5. The van der Waals surface area contributed by atoms with Crippen molar-refractivity contribution in [3.05, 3.63) is 54.1 Å². The molecule has 1 heterocycles. The highest BCUT2D eigenvalue weighted by Gasteiger charge is 2.35. The van der Waals surface area contributed by atoms with Crippen LogP contribution in [-0.4, -0.2) is 30.5 Å². The second kappa shape index (κ2) is 6.25. The lowest BCUT2D eigenvalue weighted by molar-refractivity contribution is -0.168. The van der Waals surface area contributed by atoms with Gasteiger partial charge in [0, 0.05) is 12.6 Å². The molecule has 1 aliphatic heterocycles. The first-order valence-corrected chi connectivity index (χ1v) is 7.25. The Hall–Kier alpha value is -2.24. The smallest absolute Gasteiger partial charge is 0.128 e. The van der Waals surface area contributed by atoms with Crippen LogP contribution in [0.1, 0.15) is 5.56 Å². The van der Waals surface area contributed by atoms with Crippen LogP contribution >= 0.6 is 0 Å². The molecule has 0 atom stereocenters. The molecule has 0 aliphatic carbocycles. The van der Waals surface area contributed by atoms with E-state index in [4.69, 9.17) is 15.2 Å². The van der Waals surface area contributed by atoms with E-state index in [0.717, 1.165) is 17.0 Å². The Bertz CT molecular complexity index is 627. The highest BCUT2D eigenvalue weighted by Crippen LogP contribution is 2.26. The molecule has 1 saturated heterocycles. The third-order valence-corrected chi connectivity index (χ3v) is 3.62. The van der Waals surface area contributed by atoms with Crippen molar-refractivity contribution in [3.63, 3.8) is 0 Å². The summed E-state index contributed by atoms with van der Waals surface area (Å²) in [4.78, 5) is 0. The fourth-order valence-electron chi connectivity index (χ4n) is 2.23. The molecule has 0 bridgehead atoms. The third kappa shape index (κ3) is 3.50. The van der Waals surface area contributed by atoms with Crippen LogP contribution in [0.3, 0.4) is 0 Å². The van der Waals surface area contributed by atoms with Gasteiger partial charge in [-0.25, -0.2) is 0 Å². The van der Waals surface area contributed by atoms with E-state index < -0.39 is 5.60 Å². The first-order chi connectivity index (χ1) is 10.6. The van der Waals surface area contributed by atoms with Gasteiger partial charge in [-0.1, -0.05) is 30.3 Å². The van der Waals surface area contributed by atoms with Gasteiger partial charge in [0.15, 0.2) is 0 Å². The van der Waals surface area contributed by atoms with Gasteiger partial charge in [0.05, 0.1) is 24.6 Å². The van der Waals surface area contributed by atoms with E-state index in [2.05, 4.69) is 5.32 Å². The summed E-state index contributed by atoms with van der Waals surface area (Å²) in [6.45, 7) is 1.64. The monoisotopic (exact) mass is 300 g/mol. The Kier molecular flexibility index (Phi) is 4.18. The number of hydrogen-bond acceptors (Lipinski definition) is 5. The van der Waals surface area contributed by atoms with Crippen molar-refractivity contribution in [1.29, 1.82) is 0 Å². The summed E-state index contributed by atoms with van der Waals surface area (Å²) in [5, 5.41) is 13.1. The van der Waals surface area contributed by atoms with Crippen LogP contribution in [-0.2, 0) is 11.3 Å². The Morgan fingerprint density at radius 2 is 1.95 bits per heavy atom.